The van der Waals surface area contributed by atoms with Crippen molar-refractivity contribution >= 4 is 24.8 Å². The van der Waals surface area contributed by atoms with E-state index >= 15 is 0 Å². The molecule has 2 aromatic carbocycles. The molecular formula is C27H44Cl2NO2+. The topological polar surface area (TPSA) is 18.5 Å². The highest BCUT2D eigenvalue weighted by atomic mass is 35.5. The molecule has 0 saturated heterocycles. The average molecular weight is 486 g/mol. The summed E-state index contributed by atoms with van der Waals surface area (Å²) in [6, 6.07) is 19.2. The smallest absolute Gasteiger partial charge is 0.119 e. The normalized spacial score (nSPS) is 12.0. The summed E-state index contributed by atoms with van der Waals surface area (Å²) in [4.78, 5) is 0. The molecule has 0 aromatic heterocycles. The Balaban J connectivity index is 0.00000480. The van der Waals surface area contributed by atoms with Gasteiger partial charge < -0.3 is 14.0 Å². The Labute approximate surface area is 208 Å². The highest BCUT2D eigenvalue weighted by Crippen LogP contribution is 2.36. The van der Waals surface area contributed by atoms with Crippen LogP contribution in [-0.4, -0.2) is 44.9 Å². The predicted molar refractivity (Wildman–Crippen MR) is 141 cm³/mol. The first-order valence-corrected chi connectivity index (χ1v) is 11.1. The SMILES string of the molecule is CC(C)(C)CC(C)(C)c1ccc(OCCOCC[N+](C)(C)Cc2ccccc2)cc1.Cl.Cl. The number of likely N-dealkylation sites (N-methyl/N-ethyl adjacent to an activating group) is 1. The number of nitrogens with zero attached hydrogens (tertiary/aromatic N) is 1. The molecule has 0 amide bonds. The Morgan fingerprint density at radius 3 is 1.91 bits per heavy atom. The Bertz CT molecular complexity index is 753. The van der Waals surface area contributed by atoms with Crippen molar-refractivity contribution in [2.75, 3.05) is 40.5 Å². The van der Waals surface area contributed by atoms with Gasteiger partial charge in [-0.05, 0) is 34.9 Å². The van der Waals surface area contributed by atoms with E-state index in [0.717, 1.165) is 36.3 Å². The van der Waals surface area contributed by atoms with Gasteiger partial charge in [0, 0.05) is 5.56 Å². The predicted octanol–water partition coefficient (Wildman–Crippen LogP) is 6.92. The number of rotatable bonds is 11. The number of hydrogen-bond acceptors (Lipinski definition) is 2. The standard InChI is InChI=1S/C27H42NO2.2ClH/c1-26(2,3)22-27(4,5)24-13-15-25(16-14-24)30-20-19-29-18-17-28(6,7)21-23-11-9-8-10-12-23;;/h8-16H,17-22H2,1-7H3;2*1H/q+1;;. The molecule has 0 unspecified atom stereocenters. The van der Waals surface area contributed by atoms with E-state index in [1.165, 1.54) is 11.1 Å². The largest absolute Gasteiger partial charge is 0.491 e. The molecule has 32 heavy (non-hydrogen) atoms. The van der Waals surface area contributed by atoms with Crippen molar-refractivity contribution in [1.29, 1.82) is 0 Å². The minimum atomic E-state index is 0. The van der Waals surface area contributed by atoms with Gasteiger partial charge in [-0.1, -0.05) is 77.1 Å². The summed E-state index contributed by atoms with van der Waals surface area (Å²) in [6.45, 7) is 15.5. The molecule has 0 aliphatic rings. The van der Waals surface area contributed by atoms with Gasteiger partial charge in [0.25, 0.3) is 0 Å². The Hall–Kier alpha value is -1.26. The van der Waals surface area contributed by atoms with E-state index < -0.39 is 0 Å². The molecule has 0 N–H and O–H groups in total. The number of ether oxygens (including phenoxy) is 2. The molecule has 5 heteroatoms. The molecule has 0 aliphatic carbocycles. The summed E-state index contributed by atoms with van der Waals surface area (Å²) in [5.74, 6) is 0.911. The van der Waals surface area contributed by atoms with Crippen molar-refractivity contribution in [3.05, 3.63) is 65.7 Å². The second-order valence-corrected chi connectivity index (χ2v) is 10.9. The summed E-state index contributed by atoms with van der Waals surface area (Å²) >= 11 is 0. The van der Waals surface area contributed by atoms with Crippen molar-refractivity contribution < 1.29 is 14.0 Å². The van der Waals surface area contributed by atoms with E-state index in [2.05, 4.69) is 103 Å². The molecule has 0 aliphatic heterocycles. The number of quaternary nitrogens is 1. The molecule has 0 bridgehead atoms. The van der Waals surface area contributed by atoms with Crippen LogP contribution < -0.4 is 4.74 Å². The number of benzene rings is 2. The molecule has 3 nitrogen and oxygen atoms in total. The first-order valence-electron chi connectivity index (χ1n) is 11.1. The molecular weight excluding hydrogens is 441 g/mol. The maximum Gasteiger partial charge on any atom is 0.119 e. The third-order valence-electron chi connectivity index (χ3n) is 5.40. The van der Waals surface area contributed by atoms with Gasteiger partial charge in [0.05, 0.1) is 27.3 Å². The fourth-order valence-corrected chi connectivity index (χ4v) is 4.22. The van der Waals surface area contributed by atoms with Gasteiger partial charge in [0.15, 0.2) is 0 Å². The maximum absolute atomic E-state index is 5.87. The van der Waals surface area contributed by atoms with E-state index in [1.54, 1.807) is 0 Å². The van der Waals surface area contributed by atoms with Crippen LogP contribution in [-0.2, 0) is 16.7 Å². The molecule has 0 fully saturated rings. The fourth-order valence-electron chi connectivity index (χ4n) is 4.22. The number of hydrogen-bond donors (Lipinski definition) is 0. The molecule has 0 heterocycles. The second-order valence-electron chi connectivity index (χ2n) is 10.9. The maximum atomic E-state index is 5.87. The molecule has 2 rings (SSSR count). The van der Waals surface area contributed by atoms with E-state index in [4.69, 9.17) is 9.47 Å². The van der Waals surface area contributed by atoms with E-state index in [1.807, 2.05) is 0 Å². The highest BCUT2D eigenvalue weighted by Gasteiger charge is 2.27. The Morgan fingerprint density at radius 1 is 0.750 bits per heavy atom. The average Bonchev–Trinajstić information content (AvgIpc) is 2.63. The second kappa shape index (κ2) is 13.4. The monoisotopic (exact) mass is 484 g/mol. The van der Waals surface area contributed by atoms with Gasteiger partial charge in [-0.2, -0.15) is 0 Å². The Morgan fingerprint density at radius 2 is 1.34 bits per heavy atom. The van der Waals surface area contributed by atoms with Crippen molar-refractivity contribution in [3.63, 3.8) is 0 Å². The lowest BCUT2D eigenvalue weighted by Crippen LogP contribution is -2.41. The summed E-state index contributed by atoms with van der Waals surface area (Å²) in [5.41, 5.74) is 3.19. The number of halogens is 2. The van der Waals surface area contributed by atoms with Gasteiger partial charge in [-0.25, -0.2) is 0 Å². The van der Waals surface area contributed by atoms with Crippen molar-refractivity contribution in [1.82, 2.24) is 0 Å². The first-order chi connectivity index (χ1) is 14.0. The van der Waals surface area contributed by atoms with Crippen LogP contribution in [0.4, 0.5) is 0 Å². The van der Waals surface area contributed by atoms with Crippen LogP contribution >= 0.6 is 24.8 Å². The van der Waals surface area contributed by atoms with Crippen molar-refractivity contribution in [3.8, 4) is 5.75 Å². The summed E-state index contributed by atoms with van der Waals surface area (Å²) in [7, 11) is 4.49. The van der Waals surface area contributed by atoms with Gasteiger partial charge in [0.2, 0.25) is 0 Å². The molecule has 0 saturated carbocycles. The van der Waals surface area contributed by atoms with Crippen molar-refractivity contribution in [2.24, 2.45) is 5.41 Å². The third-order valence-corrected chi connectivity index (χ3v) is 5.40. The zero-order valence-electron chi connectivity index (χ0n) is 21.0. The van der Waals surface area contributed by atoms with Crippen LogP contribution in [0.1, 0.15) is 52.2 Å². The molecule has 0 atom stereocenters. The molecule has 2 aromatic rings. The van der Waals surface area contributed by atoms with Gasteiger partial charge in [-0.3, -0.25) is 0 Å². The highest BCUT2D eigenvalue weighted by molar-refractivity contribution is 5.85. The zero-order valence-corrected chi connectivity index (χ0v) is 22.7. The van der Waals surface area contributed by atoms with Crippen molar-refractivity contribution in [2.45, 2.75) is 53.0 Å². The van der Waals surface area contributed by atoms with Crippen LogP contribution in [0.2, 0.25) is 0 Å². The zero-order chi connectivity index (χ0) is 22.3. The molecule has 0 radical (unpaired) electrons. The third kappa shape index (κ3) is 11.6. The van der Waals surface area contributed by atoms with E-state index in [0.29, 0.717) is 18.6 Å². The van der Waals surface area contributed by atoms with Gasteiger partial charge >= 0.3 is 0 Å². The Kier molecular flexibility index (Phi) is 12.9. The molecule has 0 spiro atoms. The first kappa shape index (κ1) is 30.7. The fraction of sp³-hybridized carbons (Fsp3) is 0.556. The van der Waals surface area contributed by atoms with Gasteiger partial charge in [0.1, 0.15) is 25.4 Å². The summed E-state index contributed by atoms with van der Waals surface area (Å²) in [5, 5.41) is 0. The minimum absolute atomic E-state index is 0. The quantitative estimate of drug-likeness (QED) is 0.254. The van der Waals surface area contributed by atoms with Crippen LogP contribution in [0.5, 0.6) is 5.75 Å². The summed E-state index contributed by atoms with van der Waals surface area (Å²) in [6.07, 6.45) is 1.15. The van der Waals surface area contributed by atoms with Crippen LogP contribution in [0.15, 0.2) is 54.6 Å². The van der Waals surface area contributed by atoms with E-state index in [-0.39, 0.29) is 30.2 Å². The lowest BCUT2D eigenvalue weighted by atomic mass is 9.72. The summed E-state index contributed by atoms with van der Waals surface area (Å²) < 4.78 is 12.6. The lowest BCUT2D eigenvalue weighted by molar-refractivity contribution is -0.904. The molecule has 182 valence electrons. The minimum Gasteiger partial charge on any atom is -0.491 e. The van der Waals surface area contributed by atoms with Crippen LogP contribution in [0.3, 0.4) is 0 Å². The van der Waals surface area contributed by atoms with E-state index in [9.17, 15) is 0 Å². The van der Waals surface area contributed by atoms with Crippen LogP contribution in [0.25, 0.3) is 0 Å². The van der Waals surface area contributed by atoms with Crippen LogP contribution in [0, 0.1) is 5.41 Å². The lowest BCUT2D eigenvalue weighted by Gasteiger charge is -2.33. The van der Waals surface area contributed by atoms with Gasteiger partial charge in [-0.15, -0.1) is 24.8 Å².